The van der Waals surface area contributed by atoms with E-state index in [2.05, 4.69) is 10.3 Å². The molecule has 0 bridgehead atoms. The molecule has 0 aliphatic rings. The number of hydrogen-bond donors (Lipinski definition) is 1. The molecular formula is C21H16N2O4S. The van der Waals surface area contributed by atoms with Crippen LogP contribution in [-0.4, -0.2) is 30.6 Å². The summed E-state index contributed by atoms with van der Waals surface area (Å²) in [6, 6.07) is 18.4. The van der Waals surface area contributed by atoms with Gasteiger partial charge in [-0.1, -0.05) is 47.7 Å². The van der Waals surface area contributed by atoms with Crippen molar-refractivity contribution in [2.24, 2.45) is 0 Å². The van der Waals surface area contributed by atoms with Crippen molar-refractivity contribution in [2.75, 3.05) is 19.0 Å². The lowest BCUT2D eigenvalue weighted by Crippen LogP contribution is -2.20. The molecule has 0 unspecified atom stereocenters. The number of carbonyl (C=O) groups is 2. The van der Waals surface area contributed by atoms with Crippen LogP contribution in [0.3, 0.4) is 0 Å². The van der Waals surface area contributed by atoms with E-state index in [0.29, 0.717) is 10.7 Å². The summed E-state index contributed by atoms with van der Waals surface area (Å²) in [5, 5.41) is 4.83. The summed E-state index contributed by atoms with van der Waals surface area (Å²) in [5.74, 6) is -0.265. The number of anilines is 1. The smallest absolute Gasteiger partial charge is 0.339 e. The Bertz CT molecular complexity index is 1180. The lowest BCUT2D eigenvalue weighted by Gasteiger charge is -2.07. The third-order valence-electron chi connectivity index (χ3n) is 4.19. The topological polar surface area (TPSA) is 77.5 Å². The predicted molar refractivity (Wildman–Crippen MR) is 109 cm³/mol. The largest absolute Gasteiger partial charge is 0.497 e. The Hall–Kier alpha value is -3.45. The number of benzene rings is 3. The highest BCUT2D eigenvalue weighted by molar-refractivity contribution is 7.22. The predicted octanol–water partition coefficient (Wildman–Crippen LogP) is 4.25. The Balaban J connectivity index is 1.42. The summed E-state index contributed by atoms with van der Waals surface area (Å²) in [6.45, 7) is -0.388. The molecule has 4 rings (SSSR count). The molecule has 7 heteroatoms. The molecule has 0 fully saturated rings. The Labute approximate surface area is 164 Å². The van der Waals surface area contributed by atoms with Crippen LogP contribution in [0.1, 0.15) is 10.4 Å². The molecule has 3 aromatic carbocycles. The minimum atomic E-state index is -0.541. The van der Waals surface area contributed by atoms with Crippen LogP contribution in [0, 0.1) is 0 Å². The number of hydrogen-bond acceptors (Lipinski definition) is 6. The van der Waals surface area contributed by atoms with Gasteiger partial charge in [0.15, 0.2) is 11.7 Å². The molecule has 0 saturated carbocycles. The minimum Gasteiger partial charge on any atom is -0.497 e. The molecule has 1 aromatic heterocycles. The third kappa shape index (κ3) is 3.65. The SMILES string of the molecule is COc1ccc2nc(NC(=O)COC(=O)c3cccc4ccccc34)sc2c1. The maximum Gasteiger partial charge on any atom is 0.339 e. The van der Waals surface area contributed by atoms with E-state index in [9.17, 15) is 9.59 Å². The second-order valence-electron chi connectivity index (χ2n) is 6.00. The van der Waals surface area contributed by atoms with Crippen molar-refractivity contribution < 1.29 is 19.1 Å². The van der Waals surface area contributed by atoms with Gasteiger partial charge in [0.1, 0.15) is 5.75 Å². The fraction of sp³-hybridized carbons (Fsp3) is 0.0952. The van der Waals surface area contributed by atoms with Gasteiger partial charge in [-0.15, -0.1) is 0 Å². The van der Waals surface area contributed by atoms with Crippen molar-refractivity contribution in [2.45, 2.75) is 0 Å². The number of thiazole rings is 1. The number of methoxy groups -OCH3 is 1. The Morgan fingerprint density at radius 3 is 2.75 bits per heavy atom. The normalized spacial score (nSPS) is 10.8. The number of aromatic nitrogens is 1. The van der Waals surface area contributed by atoms with Gasteiger partial charge >= 0.3 is 5.97 Å². The van der Waals surface area contributed by atoms with Crippen molar-refractivity contribution in [3.8, 4) is 5.75 Å². The van der Waals surface area contributed by atoms with Crippen LogP contribution >= 0.6 is 11.3 Å². The molecule has 0 aliphatic carbocycles. The monoisotopic (exact) mass is 392 g/mol. The molecule has 0 atom stereocenters. The Morgan fingerprint density at radius 1 is 1.07 bits per heavy atom. The molecule has 28 heavy (non-hydrogen) atoms. The first-order valence-corrected chi connectivity index (χ1v) is 9.35. The standard InChI is InChI=1S/C21H16N2O4S/c1-26-14-9-10-17-18(11-14)28-21(22-17)23-19(24)12-27-20(25)16-8-4-6-13-5-2-3-7-15(13)16/h2-11H,12H2,1H3,(H,22,23,24). The molecule has 0 aliphatic heterocycles. The highest BCUT2D eigenvalue weighted by Crippen LogP contribution is 2.29. The van der Waals surface area contributed by atoms with Gasteiger partial charge in [-0.05, 0) is 35.0 Å². The van der Waals surface area contributed by atoms with E-state index in [1.807, 2.05) is 42.5 Å². The van der Waals surface area contributed by atoms with Gasteiger partial charge in [0, 0.05) is 0 Å². The molecule has 4 aromatic rings. The molecule has 0 saturated heterocycles. The summed E-state index contributed by atoms with van der Waals surface area (Å²) in [6.07, 6.45) is 0. The van der Waals surface area contributed by atoms with Crippen LogP contribution in [-0.2, 0) is 9.53 Å². The fourth-order valence-electron chi connectivity index (χ4n) is 2.85. The zero-order valence-electron chi connectivity index (χ0n) is 15.0. The van der Waals surface area contributed by atoms with Gasteiger partial charge < -0.3 is 9.47 Å². The average Bonchev–Trinajstić information content (AvgIpc) is 3.12. The lowest BCUT2D eigenvalue weighted by atomic mass is 10.1. The van der Waals surface area contributed by atoms with Crippen LogP contribution in [0.4, 0.5) is 5.13 Å². The summed E-state index contributed by atoms with van der Waals surface area (Å²) in [7, 11) is 1.59. The van der Waals surface area contributed by atoms with Crippen molar-refractivity contribution in [3.63, 3.8) is 0 Å². The summed E-state index contributed by atoms with van der Waals surface area (Å²) < 4.78 is 11.3. The van der Waals surface area contributed by atoms with E-state index in [-0.39, 0.29) is 6.61 Å². The highest BCUT2D eigenvalue weighted by atomic mass is 32.1. The number of carbonyl (C=O) groups excluding carboxylic acids is 2. The first-order chi connectivity index (χ1) is 13.6. The van der Waals surface area contributed by atoms with Gasteiger partial charge in [0.2, 0.25) is 0 Å². The van der Waals surface area contributed by atoms with Crippen molar-refractivity contribution in [1.29, 1.82) is 0 Å². The van der Waals surface area contributed by atoms with Crippen molar-refractivity contribution in [3.05, 3.63) is 66.2 Å². The number of nitrogens with one attached hydrogen (secondary N) is 1. The second-order valence-corrected chi connectivity index (χ2v) is 7.03. The molecule has 0 spiro atoms. The van der Waals surface area contributed by atoms with Crippen LogP contribution in [0.2, 0.25) is 0 Å². The first-order valence-electron chi connectivity index (χ1n) is 8.53. The maximum atomic E-state index is 12.4. The maximum absolute atomic E-state index is 12.4. The quantitative estimate of drug-likeness (QED) is 0.514. The molecular weight excluding hydrogens is 376 g/mol. The second kappa shape index (κ2) is 7.66. The van der Waals surface area contributed by atoms with E-state index >= 15 is 0 Å². The Kier molecular flexibility index (Phi) is 4.90. The number of ether oxygens (including phenoxy) is 2. The summed E-state index contributed by atoms with van der Waals surface area (Å²) in [4.78, 5) is 28.9. The zero-order chi connectivity index (χ0) is 19.5. The fourth-order valence-corrected chi connectivity index (χ4v) is 3.76. The van der Waals surface area contributed by atoms with Crippen LogP contribution in [0.5, 0.6) is 5.75 Å². The first kappa shape index (κ1) is 17.9. The molecule has 1 heterocycles. The van der Waals surface area contributed by atoms with Gasteiger partial charge in [-0.3, -0.25) is 10.1 Å². The van der Waals surface area contributed by atoms with Crippen LogP contribution in [0.15, 0.2) is 60.7 Å². The van der Waals surface area contributed by atoms with Gasteiger partial charge in [-0.2, -0.15) is 0 Å². The van der Waals surface area contributed by atoms with Crippen molar-refractivity contribution in [1.82, 2.24) is 4.98 Å². The number of amides is 1. The van der Waals surface area contributed by atoms with Crippen LogP contribution < -0.4 is 10.1 Å². The van der Waals surface area contributed by atoms with Gasteiger partial charge in [0.05, 0.1) is 22.9 Å². The molecule has 1 N–H and O–H groups in total. The van der Waals surface area contributed by atoms with E-state index < -0.39 is 11.9 Å². The van der Waals surface area contributed by atoms with E-state index in [4.69, 9.17) is 9.47 Å². The van der Waals surface area contributed by atoms with E-state index in [0.717, 1.165) is 26.7 Å². The van der Waals surface area contributed by atoms with E-state index in [1.165, 1.54) is 11.3 Å². The third-order valence-corrected chi connectivity index (χ3v) is 5.12. The summed E-state index contributed by atoms with van der Waals surface area (Å²) >= 11 is 1.32. The number of esters is 1. The number of nitrogens with zero attached hydrogens (tertiary/aromatic N) is 1. The number of fused-ring (bicyclic) bond motifs is 2. The van der Waals surface area contributed by atoms with Gasteiger partial charge in [0.25, 0.3) is 5.91 Å². The number of rotatable bonds is 5. The Morgan fingerprint density at radius 2 is 1.89 bits per heavy atom. The summed E-state index contributed by atoms with van der Waals surface area (Å²) in [5.41, 5.74) is 1.19. The van der Waals surface area contributed by atoms with Gasteiger partial charge in [-0.25, -0.2) is 9.78 Å². The van der Waals surface area contributed by atoms with Crippen LogP contribution in [0.25, 0.3) is 21.0 Å². The van der Waals surface area contributed by atoms with Crippen molar-refractivity contribution >= 4 is 49.3 Å². The lowest BCUT2D eigenvalue weighted by molar-refractivity contribution is -0.119. The molecule has 0 radical (unpaired) electrons. The van der Waals surface area contributed by atoms with E-state index in [1.54, 1.807) is 25.3 Å². The zero-order valence-corrected chi connectivity index (χ0v) is 15.8. The minimum absolute atomic E-state index is 0.388. The molecule has 1 amide bonds. The molecule has 140 valence electrons. The highest BCUT2D eigenvalue weighted by Gasteiger charge is 2.14. The average molecular weight is 392 g/mol. The molecule has 6 nitrogen and oxygen atoms in total.